The summed E-state index contributed by atoms with van der Waals surface area (Å²) in [6.45, 7) is 1.86. The predicted octanol–water partition coefficient (Wildman–Crippen LogP) is 3.29. The fraction of sp³-hybridized carbons (Fsp3) is 0.176. The second-order valence-corrected chi connectivity index (χ2v) is 5.61. The lowest BCUT2D eigenvalue weighted by Crippen LogP contribution is -2.29. The molecule has 2 N–H and O–H groups in total. The highest BCUT2D eigenvalue weighted by atomic mass is 35.5. The Labute approximate surface area is 149 Å². The first-order valence-electron chi connectivity index (χ1n) is 7.46. The topological polar surface area (TPSA) is 101 Å². The normalized spacial score (nSPS) is 10.2. The second-order valence-electron chi connectivity index (χ2n) is 5.21. The van der Waals surface area contributed by atoms with Gasteiger partial charge >= 0.3 is 0 Å². The standard InChI is InChI=1S/C17H16ClN3O4/c1-11(22)12-6-7-15(16(10-12)21(24)25)19-8-9-20-17(23)13-4-2-3-5-14(13)18/h2-7,10,19H,8-9H2,1H3,(H,20,23). The largest absolute Gasteiger partial charge is 0.378 e. The Morgan fingerprint density at radius 1 is 1.16 bits per heavy atom. The van der Waals surface area contributed by atoms with Gasteiger partial charge in [0.05, 0.1) is 15.5 Å². The Kier molecular flexibility index (Phi) is 6.08. The van der Waals surface area contributed by atoms with Gasteiger partial charge in [0, 0.05) is 24.7 Å². The number of amides is 1. The van der Waals surface area contributed by atoms with E-state index in [0.29, 0.717) is 10.6 Å². The van der Waals surface area contributed by atoms with Crippen LogP contribution in [0.4, 0.5) is 11.4 Å². The van der Waals surface area contributed by atoms with E-state index in [-0.39, 0.29) is 41.7 Å². The lowest BCUT2D eigenvalue weighted by Gasteiger charge is -2.10. The van der Waals surface area contributed by atoms with E-state index < -0.39 is 4.92 Å². The molecule has 0 aromatic heterocycles. The average molecular weight is 362 g/mol. The number of anilines is 1. The van der Waals surface area contributed by atoms with Crippen LogP contribution < -0.4 is 10.6 Å². The number of nitrogens with zero attached hydrogens (tertiary/aromatic N) is 1. The molecule has 2 aromatic carbocycles. The molecule has 0 aliphatic heterocycles. The minimum atomic E-state index is -0.558. The zero-order valence-electron chi connectivity index (χ0n) is 13.4. The number of carbonyl (C=O) groups is 2. The van der Waals surface area contributed by atoms with Gasteiger partial charge in [-0.2, -0.15) is 0 Å². The van der Waals surface area contributed by atoms with Gasteiger partial charge in [-0.15, -0.1) is 0 Å². The van der Waals surface area contributed by atoms with Gasteiger partial charge in [-0.3, -0.25) is 19.7 Å². The van der Waals surface area contributed by atoms with Crippen molar-refractivity contribution < 1.29 is 14.5 Å². The van der Waals surface area contributed by atoms with Crippen molar-refractivity contribution in [3.63, 3.8) is 0 Å². The zero-order chi connectivity index (χ0) is 18.4. The van der Waals surface area contributed by atoms with Crippen LogP contribution >= 0.6 is 11.6 Å². The minimum absolute atomic E-state index is 0.190. The molecule has 0 bridgehead atoms. The van der Waals surface area contributed by atoms with Crippen LogP contribution in [0.2, 0.25) is 5.02 Å². The van der Waals surface area contributed by atoms with Gasteiger partial charge in [0.1, 0.15) is 5.69 Å². The molecule has 0 radical (unpaired) electrons. The second kappa shape index (κ2) is 8.25. The number of carbonyl (C=O) groups excluding carboxylic acids is 2. The van der Waals surface area contributed by atoms with Crippen LogP contribution in [0.5, 0.6) is 0 Å². The number of hydrogen-bond acceptors (Lipinski definition) is 5. The van der Waals surface area contributed by atoms with E-state index in [1.807, 2.05) is 0 Å². The van der Waals surface area contributed by atoms with Gasteiger partial charge in [0.25, 0.3) is 11.6 Å². The van der Waals surface area contributed by atoms with Crippen LogP contribution in [0.3, 0.4) is 0 Å². The first-order chi connectivity index (χ1) is 11.9. The van der Waals surface area contributed by atoms with Crippen LogP contribution in [0.25, 0.3) is 0 Å². The molecule has 0 fully saturated rings. The molecule has 0 aliphatic rings. The number of Topliss-reactive ketones (excluding diaryl/α,β-unsaturated/α-hetero) is 1. The molecule has 0 spiro atoms. The Bertz CT molecular complexity index is 823. The van der Waals surface area contributed by atoms with Crippen molar-refractivity contribution in [1.29, 1.82) is 0 Å². The average Bonchev–Trinajstić information content (AvgIpc) is 2.58. The summed E-state index contributed by atoms with van der Waals surface area (Å²) >= 11 is 5.94. The summed E-state index contributed by atoms with van der Waals surface area (Å²) in [5, 5.41) is 17.0. The summed E-state index contributed by atoms with van der Waals surface area (Å²) in [6.07, 6.45) is 0. The molecule has 0 heterocycles. The van der Waals surface area contributed by atoms with E-state index in [1.54, 1.807) is 24.3 Å². The Morgan fingerprint density at radius 2 is 1.88 bits per heavy atom. The predicted molar refractivity (Wildman–Crippen MR) is 95.4 cm³/mol. The molecule has 2 rings (SSSR count). The van der Waals surface area contributed by atoms with Gasteiger partial charge in [0.2, 0.25) is 0 Å². The SMILES string of the molecule is CC(=O)c1ccc(NCCNC(=O)c2ccccc2Cl)c([N+](=O)[O-])c1. The fourth-order valence-corrected chi connectivity index (χ4v) is 2.39. The summed E-state index contributed by atoms with van der Waals surface area (Å²) in [6, 6.07) is 10.9. The molecule has 0 atom stereocenters. The monoisotopic (exact) mass is 361 g/mol. The van der Waals surface area contributed by atoms with E-state index in [0.717, 1.165) is 0 Å². The number of nitro benzene ring substituents is 1. The number of hydrogen-bond donors (Lipinski definition) is 2. The number of halogens is 1. The van der Waals surface area contributed by atoms with E-state index in [1.165, 1.54) is 25.1 Å². The highest BCUT2D eigenvalue weighted by Crippen LogP contribution is 2.25. The summed E-state index contributed by atoms with van der Waals surface area (Å²) < 4.78 is 0. The van der Waals surface area contributed by atoms with Crippen molar-refractivity contribution in [2.24, 2.45) is 0 Å². The van der Waals surface area contributed by atoms with Crippen molar-refractivity contribution >= 4 is 34.7 Å². The lowest BCUT2D eigenvalue weighted by atomic mass is 10.1. The summed E-state index contributed by atoms with van der Waals surface area (Å²) in [4.78, 5) is 33.9. The number of benzene rings is 2. The molecule has 1 amide bonds. The first kappa shape index (κ1) is 18.4. The maximum Gasteiger partial charge on any atom is 0.293 e. The van der Waals surface area contributed by atoms with Gasteiger partial charge < -0.3 is 10.6 Å². The van der Waals surface area contributed by atoms with Crippen molar-refractivity contribution in [1.82, 2.24) is 5.32 Å². The summed E-state index contributed by atoms with van der Waals surface area (Å²) in [5.74, 6) is -0.574. The van der Waals surface area contributed by atoms with E-state index in [4.69, 9.17) is 11.6 Å². The number of nitro groups is 1. The third-order valence-corrected chi connectivity index (χ3v) is 3.78. The van der Waals surface area contributed by atoms with Gasteiger partial charge in [-0.25, -0.2) is 0 Å². The molecule has 0 saturated carbocycles. The van der Waals surface area contributed by atoms with Crippen molar-refractivity contribution in [2.75, 3.05) is 18.4 Å². The highest BCUT2D eigenvalue weighted by molar-refractivity contribution is 6.33. The Balaban J connectivity index is 1.96. The molecular formula is C17H16ClN3O4. The van der Waals surface area contributed by atoms with Crippen LogP contribution in [0.1, 0.15) is 27.6 Å². The molecule has 2 aromatic rings. The minimum Gasteiger partial charge on any atom is -0.378 e. The van der Waals surface area contributed by atoms with E-state index >= 15 is 0 Å². The maximum absolute atomic E-state index is 12.0. The molecule has 130 valence electrons. The van der Waals surface area contributed by atoms with Gasteiger partial charge in [-0.05, 0) is 31.2 Å². The molecule has 0 saturated heterocycles. The van der Waals surface area contributed by atoms with Crippen LogP contribution in [0.15, 0.2) is 42.5 Å². The molecule has 8 heteroatoms. The lowest BCUT2D eigenvalue weighted by molar-refractivity contribution is -0.384. The zero-order valence-corrected chi connectivity index (χ0v) is 14.2. The first-order valence-corrected chi connectivity index (χ1v) is 7.84. The molecule has 7 nitrogen and oxygen atoms in total. The molecule has 25 heavy (non-hydrogen) atoms. The fourth-order valence-electron chi connectivity index (χ4n) is 2.16. The van der Waals surface area contributed by atoms with Crippen LogP contribution in [-0.4, -0.2) is 29.7 Å². The van der Waals surface area contributed by atoms with Crippen LogP contribution in [0, 0.1) is 10.1 Å². The van der Waals surface area contributed by atoms with Crippen molar-refractivity contribution in [2.45, 2.75) is 6.92 Å². The molecular weight excluding hydrogens is 346 g/mol. The van der Waals surface area contributed by atoms with Crippen molar-refractivity contribution in [3.05, 3.63) is 68.7 Å². The smallest absolute Gasteiger partial charge is 0.293 e. The van der Waals surface area contributed by atoms with E-state index in [9.17, 15) is 19.7 Å². The number of rotatable bonds is 7. The van der Waals surface area contributed by atoms with Gasteiger partial charge in [-0.1, -0.05) is 23.7 Å². The van der Waals surface area contributed by atoms with Crippen LogP contribution in [-0.2, 0) is 0 Å². The number of ketones is 1. The molecule has 0 aliphatic carbocycles. The quantitative estimate of drug-likeness (QED) is 0.341. The molecule has 0 unspecified atom stereocenters. The van der Waals surface area contributed by atoms with Gasteiger partial charge in [0.15, 0.2) is 5.78 Å². The maximum atomic E-state index is 12.0. The summed E-state index contributed by atoms with van der Waals surface area (Å²) in [5.41, 5.74) is 0.720. The Hall–Kier alpha value is -2.93. The Morgan fingerprint density at radius 3 is 2.52 bits per heavy atom. The third kappa shape index (κ3) is 4.77. The van der Waals surface area contributed by atoms with E-state index in [2.05, 4.69) is 10.6 Å². The third-order valence-electron chi connectivity index (χ3n) is 3.45. The van der Waals surface area contributed by atoms with Crippen molar-refractivity contribution in [3.8, 4) is 0 Å². The summed E-state index contributed by atoms with van der Waals surface area (Å²) in [7, 11) is 0. The number of nitrogens with one attached hydrogen (secondary N) is 2. The highest BCUT2D eigenvalue weighted by Gasteiger charge is 2.16.